The Hall–Kier alpha value is -2.07. The molecule has 2 aromatic heterocycles. The predicted octanol–water partition coefficient (Wildman–Crippen LogP) is 3.76. The standard InChI is InChI=1S/C16H17ClN4/c1-2-15-19-14(17)11-16(20-15)18-8-10-21-9-7-12-5-3-4-6-13(12)21/h3-7,9,11H,2,8,10H2,1H3,(H,18,19,20). The first-order valence-corrected chi connectivity index (χ1v) is 7.45. The number of halogens is 1. The van der Waals surface area contributed by atoms with E-state index in [1.54, 1.807) is 6.07 Å². The van der Waals surface area contributed by atoms with Gasteiger partial charge in [-0.1, -0.05) is 36.7 Å². The third-order valence-electron chi connectivity index (χ3n) is 3.40. The summed E-state index contributed by atoms with van der Waals surface area (Å²) in [7, 11) is 0. The highest BCUT2D eigenvalue weighted by atomic mass is 35.5. The van der Waals surface area contributed by atoms with Gasteiger partial charge in [-0.25, -0.2) is 9.97 Å². The highest BCUT2D eigenvalue weighted by molar-refractivity contribution is 6.29. The molecule has 0 unspecified atom stereocenters. The Kier molecular flexibility index (Phi) is 4.06. The molecule has 3 rings (SSSR count). The van der Waals surface area contributed by atoms with E-state index in [2.05, 4.69) is 56.4 Å². The van der Waals surface area contributed by atoms with Crippen LogP contribution in [0.5, 0.6) is 0 Å². The SMILES string of the molecule is CCc1nc(Cl)cc(NCCn2ccc3ccccc32)n1. The monoisotopic (exact) mass is 300 g/mol. The van der Waals surface area contributed by atoms with E-state index in [4.69, 9.17) is 11.6 Å². The van der Waals surface area contributed by atoms with Crippen molar-refractivity contribution in [3.8, 4) is 0 Å². The Morgan fingerprint density at radius 1 is 1.19 bits per heavy atom. The lowest BCUT2D eigenvalue weighted by Crippen LogP contribution is -2.11. The largest absolute Gasteiger partial charge is 0.368 e. The molecule has 0 spiro atoms. The molecule has 4 nitrogen and oxygen atoms in total. The van der Waals surface area contributed by atoms with Gasteiger partial charge in [0.05, 0.1) is 0 Å². The molecule has 0 aliphatic carbocycles. The molecule has 108 valence electrons. The van der Waals surface area contributed by atoms with E-state index >= 15 is 0 Å². The lowest BCUT2D eigenvalue weighted by Gasteiger charge is -2.09. The summed E-state index contributed by atoms with van der Waals surface area (Å²) < 4.78 is 2.23. The van der Waals surface area contributed by atoms with E-state index in [9.17, 15) is 0 Å². The first kappa shape index (κ1) is 13.9. The van der Waals surface area contributed by atoms with Gasteiger partial charge in [-0.3, -0.25) is 0 Å². The van der Waals surface area contributed by atoms with Crippen LogP contribution in [-0.4, -0.2) is 21.1 Å². The number of para-hydroxylation sites is 1. The molecule has 0 fully saturated rings. The summed E-state index contributed by atoms with van der Waals surface area (Å²) in [6, 6.07) is 12.3. The van der Waals surface area contributed by atoms with Crippen LogP contribution in [0.15, 0.2) is 42.6 Å². The molecule has 0 radical (unpaired) electrons. The maximum Gasteiger partial charge on any atom is 0.134 e. The van der Waals surface area contributed by atoms with E-state index in [0.717, 1.165) is 31.2 Å². The van der Waals surface area contributed by atoms with Gasteiger partial charge in [0, 0.05) is 37.3 Å². The number of anilines is 1. The van der Waals surface area contributed by atoms with Crippen molar-refractivity contribution in [1.29, 1.82) is 0 Å². The Morgan fingerprint density at radius 3 is 2.90 bits per heavy atom. The molecule has 0 bridgehead atoms. The van der Waals surface area contributed by atoms with E-state index in [-0.39, 0.29) is 0 Å². The van der Waals surface area contributed by atoms with E-state index < -0.39 is 0 Å². The molecular weight excluding hydrogens is 284 g/mol. The van der Waals surface area contributed by atoms with Gasteiger partial charge in [0.15, 0.2) is 0 Å². The van der Waals surface area contributed by atoms with Crippen LogP contribution in [0.4, 0.5) is 5.82 Å². The second-order valence-corrected chi connectivity index (χ2v) is 5.23. The highest BCUT2D eigenvalue weighted by Gasteiger charge is 2.03. The van der Waals surface area contributed by atoms with E-state index in [0.29, 0.717) is 5.15 Å². The first-order chi connectivity index (χ1) is 10.3. The van der Waals surface area contributed by atoms with Crippen molar-refractivity contribution in [3.63, 3.8) is 0 Å². The zero-order valence-corrected chi connectivity index (χ0v) is 12.6. The smallest absolute Gasteiger partial charge is 0.134 e. The second kappa shape index (κ2) is 6.14. The topological polar surface area (TPSA) is 42.7 Å². The molecule has 0 atom stereocenters. The number of benzene rings is 1. The minimum atomic E-state index is 0.482. The van der Waals surface area contributed by atoms with Gasteiger partial charge >= 0.3 is 0 Å². The average Bonchev–Trinajstić information content (AvgIpc) is 2.90. The Morgan fingerprint density at radius 2 is 2.05 bits per heavy atom. The number of fused-ring (bicyclic) bond motifs is 1. The fourth-order valence-electron chi connectivity index (χ4n) is 2.35. The van der Waals surface area contributed by atoms with Crippen LogP contribution in [0.25, 0.3) is 10.9 Å². The Labute approximate surface area is 128 Å². The van der Waals surface area contributed by atoms with Crippen LogP contribution < -0.4 is 5.32 Å². The van der Waals surface area contributed by atoms with Crippen molar-refractivity contribution in [2.75, 3.05) is 11.9 Å². The fourth-order valence-corrected chi connectivity index (χ4v) is 2.55. The summed E-state index contributed by atoms with van der Waals surface area (Å²) >= 11 is 5.99. The Bertz CT molecular complexity index is 751. The molecule has 0 aliphatic heterocycles. The molecule has 0 saturated heterocycles. The Balaban J connectivity index is 1.67. The normalized spacial score (nSPS) is 11.0. The first-order valence-electron chi connectivity index (χ1n) is 7.07. The summed E-state index contributed by atoms with van der Waals surface area (Å²) in [5.41, 5.74) is 1.24. The maximum atomic E-state index is 5.99. The molecule has 0 amide bonds. The van der Waals surface area contributed by atoms with Gasteiger partial charge in [-0.15, -0.1) is 0 Å². The van der Waals surface area contributed by atoms with Crippen molar-refractivity contribution in [1.82, 2.24) is 14.5 Å². The molecule has 1 aromatic carbocycles. The van der Waals surface area contributed by atoms with Gasteiger partial charge in [0.25, 0.3) is 0 Å². The fraction of sp³-hybridized carbons (Fsp3) is 0.250. The second-order valence-electron chi connectivity index (χ2n) is 4.84. The van der Waals surface area contributed by atoms with Crippen molar-refractivity contribution in [2.45, 2.75) is 19.9 Å². The number of rotatable bonds is 5. The van der Waals surface area contributed by atoms with E-state index in [1.165, 1.54) is 10.9 Å². The van der Waals surface area contributed by atoms with Gasteiger partial charge < -0.3 is 9.88 Å². The molecule has 21 heavy (non-hydrogen) atoms. The molecule has 0 aliphatic rings. The van der Waals surface area contributed by atoms with E-state index in [1.807, 2.05) is 6.92 Å². The average molecular weight is 301 g/mol. The van der Waals surface area contributed by atoms with Gasteiger partial charge in [-0.2, -0.15) is 0 Å². The minimum absolute atomic E-state index is 0.482. The van der Waals surface area contributed by atoms with Crippen molar-refractivity contribution < 1.29 is 0 Å². The van der Waals surface area contributed by atoms with Crippen LogP contribution in [0.2, 0.25) is 5.15 Å². The summed E-state index contributed by atoms with van der Waals surface area (Å²) in [4.78, 5) is 8.58. The quantitative estimate of drug-likeness (QED) is 0.730. The number of hydrogen-bond donors (Lipinski definition) is 1. The highest BCUT2D eigenvalue weighted by Crippen LogP contribution is 2.15. The lowest BCUT2D eigenvalue weighted by atomic mass is 10.2. The summed E-state index contributed by atoms with van der Waals surface area (Å²) in [5.74, 6) is 1.54. The van der Waals surface area contributed by atoms with Gasteiger partial charge in [0.2, 0.25) is 0 Å². The van der Waals surface area contributed by atoms with Crippen LogP contribution in [0, 0.1) is 0 Å². The zero-order valence-electron chi connectivity index (χ0n) is 11.9. The molecule has 2 heterocycles. The number of nitrogens with zero attached hydrogens (tertiary/aromatic N) is 3. The van der Waals surface area contributed by atoms with Crippen LogP contribution in [-0.2, 0) is 13.0 Å². The minimum Gasteiger partial charge on any atom is -0.368 e. The number of nitrogens with one attached hydrogen (secondary N) is 1. The van der Waals surface area contributed by atoms with Crippen LogP contribution in [0.3, 0.4) is 0 Å². The van der Waals surface area contributed by atoms with Gasteiger partial charge in [-0.05, 0) is 17.5 Å². The summed E-state index contributed by atoms with van der Waals surface area (Å²) in [5, 5.41) is 5.05. The number of aryl methyl sites for hydroxylation is 1. The van der Waals surface area contributed by atoms with Crippen molar-refractivity contribution >= 4 is 28.3 Å². The molecule has 3 aromatic rings. The molecular formula is C16H17ClN4. The third-order valence-corrected chi connectivity index (χ3v) is 3.59. The van der Waals surface area contributed by atoms with Crippen LogP contribution >= 0.6 is 11.6 Å². The maximum absolute atomic E-state index is 5.99. The number of aromatic nitrogens is 3. The predicted molar refractivity (Wildman–Crippen MR) is 86.8 cm³/mol. The zero-order chi connectivity index (χ0) is 14.7. The van der Waals surface area contributed by atoms with Gasteiger partial charge in [0.1, 0.15) is 16.8 Å². The summed E-state index contributed by atoms with van der Waals surface area (Å²) in [6.45, 7) is 3.67. The molecule has 1 N–H and O–H groups in total. The molecule has 5 heteroatoms. The lowest BCUT2D eigenvalue weighted by molar-refractivity contribution is 0.754. The van der Waals surface area contributed by atoms with Crippen molar-refractivity contribution in [2.24, 2.45) is 0 Å². The number of hydrogen-bond acceptors (Lipinski definition) is 3. The molecule has 0 saturated carbocycles. The third kappa shape index (κ3) is 3.16. The van der Waals surface area contributed by atoms with Crippen LogP contribution in [0.1, 0.15) is 12.7 Å². The van der Waals surface area contributed by atoms with Crippen molar-refractivity contribution in [3.05, 3.63) is 53.6 Å². The summed E-state index contributed by atoms with van der Waals surface area (Å²) in [6.07, 6.45) is 2.88.